The van der Waals surface area contributed by atoms with E-state index in [1.165, 1.54) is 31.2 Å². The molecule has 0 spiro atoms. The fourth-order valence-electron chi connectivity index (χ4n) is 4.10. The largest absolute Gasteiger partial charge is 0.504 e. The van der Waals surface area contributed by atoms with Crippen LogP contribution in [0.5, 0.6) is 11.5 Å². The van der Waals surface area contributed by atoms with Crippen molar-refractivity contribution in [1.29, 1.82) is 0 Å². The maximum absolute atomic E-state index is 12.8. The highest BCUT2D eigenvalue weighted by atomic mass is 16.8. The van der Waals surface area contributed by atoms with E-state index in [0.717, 1.165) is 6.26 Å². The third-order valence-electron chi connectivity index (χ3n) is 6.20. The van der Waals surface area contributed by atoms with Crippen LogP contribution in [0.1, 0.15) is 23.0 Å². The second-order valence-corrected chi connectivity index (χ2v) is 8.60. The highest BCUT2D eigenvalue weighted by Gasteiger charge is 2.46. The van der Waals surface area contributed by atoms with E-state index >= 15 is 0 Å². The molecule has 0 saturated carbocycles. The first-order chi connectivity index (χ1) is 19.2. The summed E-state index contributed by atoms with van der Waals surface area (Å²) in [6.07, 6.45) is -7.55. The van der Waals surface area contributed by atoms with E-state index in [0.29, 0.717) is 5.56 Å². The lowest BCUT2D eigenvalue weighted by atomic mass is 9.86. The molecule has 0 radical (unpaired) electrons. The number of esters is 2. The Morgan fingerprint density at radius 1 is 1.13 bits per heavy atom. The van der Waals surface area contributed by atoms with Crippen LogP contribution in [0.4, 0.5) is 0 Å². The predicted octanol–water partition coefficient (Wildman–Crippen LogP) is -0.634. The number of aromatic hydroxyl groups is 2. The molecule has 1 aromatic carbocycles. The lowest BCUT2D eigenvalue weighted by Crippen LogP contribution is -2.60. The van der Waals surface area contributed by atoms with Gasteiger partial charge in [0.25, 0.3) is 0 Å². The average molecular weight is 544 g/mol. The number of methoxy groups -OCH3 is 1. The van der Waals surface area contributed by atoms with Gasteiger partial charge in [-0.05, 0) is 24.6 Å². The summed E-state index contributed by atoms with van der Waals surface area (Å²) in [5.41, 5.74) is 0.328. The minimum atomic E-state index is -3.10. The zero-order chi connectivity index (χ0) is 30.5. The third kappa shape index (κ3) is 6.62. The van der Waals surface area contributed by atoms with Crippen molar-refractivity contribution < 1.29 is 68.0 Å². The number of benzene rings is 1. The molecule has 13 nitrogen and oxygen atoms in total. The summed E-state index contributed by atoms with van der Waals surface area (Å²) >= 11 is 0. The SMILES string of the molecule is [2H]C([2H])([2H])OC(=O)C1=CO[C@@H](O[C@@H]2O[C@H](CO)[C@@H](O)[C@H](O)[C@H]2O)/C(=C/C)[C@@H]1CC(=O)OCCc1ccc(O)c(O)c1. The zero-order valence-electron chi connectivity index (χ0n) is 23.3. The quantitative estimate of drug-likeness (QED) is 0.131. The third-order valence-corrected chi connectivity index (χ3v) is 6.20. The Morgan fingerprint density at radius 3 is 2.55 bits per heavy atom. The molecule has 3 rings (SSSR count). The molecule has 0 aliphatic carbocycles. The minimum absolute atomic E-state index is 0.113. The minimum Gasteiger partial charge on any atom is -0.504 e. The zero-order valence-corrected chi connectivity index (χ0v) is 20.3. The number of aliphatic hydroxyl groups is 4. The van der Waals surface area contributed by atoms with Gasteiger partial charge in [-0.25, -0.2) is 4.79 Å². The molecule has 0 amide bonds. The first-order valence-corrected chi connectivity index (χ1v) is 11.6. The van der Waals surface area contributed by atoms with E-state index in [4.69, 9.17) is 23.1 Å². The maximum Gasteiger partial charge on any atom is 0.337 e. The monoisotopic (exact) mass is 543 g/mol. The summed E-state index contributed by atoms with van der Waals surface area (Å²) in [7, 11) is -3.10. The average Bonchev–Trinajstić information content (AvgIpc) is 2.90. The van der Waals surface area contributed by atoms with Crippen LogP contribution in [-0.2, 0) is 39.7 Å². The van der Waals surface area contributed by atoms with Crippen LogP contribution >= 0.6 is 0 Å². The number of phenols is 2. The molecule has 7 atom stereocenters. The second kappa shape index (κ2) is 13.0. The molecule has 0 aromatic heterocycles. The Bertz CT molecular complexity index is 1150. The number of ether oxygens (including phenoxy) is 5. The van der Waals surface area contributed by atoms with Gasteiger partial charge in [0.2, 0.25) is 6.29 Å². The number of hydrogen-bond acceptors (Lipinski definition) is 13. The highest BCUT2D eigenvalue weighted by molar-refractivity contribution is 5.90. The van der Waals surface area contributed by atoms with Gasteiger partial charge in [-0.3, -0.25) is 4.79 Å². The highest BCUT2D eigenvalue weighted by Crippen LogP contribution is 2.36. The van der Waals surface area contributed by atoms with Crippen LogP contribution in [0.15, 0.2) is 41.7 Å². The molecule has 2 heterocycles. The maximum atomic E-state index is 12.8. The summed E-state index contributed by atoms with van der Waals surface area (Å²) in [5, 5.41) is 58.9. The molecule has 13 heteroatoms. The first-order valence-electron chi connectivity index (χ1n) is 13.1. The van der Waals surface area contributed by atoms with Gasteiger partial charge in [0.15, 0.2) is 17.8 Å². The number of hydrogen-bond donors (Lipinski definition) is 6. The molecule has 210 valence electrons. The molecule has 38 heavy (non-hydrogen) atoms. The summed E-state index contributed by atoms with van der Waals surface area (Å²) in [6, 6.07) is 4.09. The fourth-order valence-corrected chi connectivity index (χ4v) is 4.10. The lowest BCUT2D eigenvalue weighted by Gasteiger charge is -2.41. The molecular weight excluding hydrogens is 508 g/mol. The molecule has 0 unspecified atom stereocenters. The van der Waals surface area contributed by atoms with Gasteiger partial charge in [-0.15, -0.1) is 0 Å². The summed E-state index contributed by atoms with van der Waals surface area (Å²) < 4.78 is 47.9. The Hall–Kier alpha value is -3.20. The van der Waals surface area contributed by atoms with Crippen LogP contribution in [0, 0.1) is 5.92 Å². The van der Waals surface area contributed by atoms with Crippen molar-refractivity contribution >= 4 is 11.9 Å². The van der Waals surface area contributed by atoms with Gasteiger partial charge >= 0.3 is 11.9 Å². The molecule has 1 fully saturated rings. The van der Waals surface area contributed by atoms with Crippen LogP contribution in [0.25, 0.3) is 0 Å². The van der Waals surface area contributed by atoms with E-state index in [9.17, 15) is 40.2 Å². The van der Waals surface area contributed by atoms with Gasteiger partial charge < -0.3 is 54.3 Å². The molecule has 6 N–H and O–H groups in total. The van der Waals surface area contributed by atoms with Crippen molar-refractivity contribution in [3.63, 3.8) is 0 Å². The number of allylic oxidation sites excluding steroid dienone is 1. The standard InChI is InChI=1S/C25H32O13/c1-3-13-14(9-19(29)35-7-6-12-4-5-16(27)17(28)8-12)15(23(33)34-2)11-36-24(13)38-25-22(32)21(31)20(30)18(10-26)37-25/h3-5,8,11,14,18,20-22,24-28,30-32H,6-7,9-10H2,1-2H3/b13-3+/t14-,18+,20+,21-,22+,24-,25-/m0/s1/i2D3. The van der Waals surface area contributed by atoms with Crippen molar-refractivity contribution in [2.24, 2.45) is 5.92 Å². The molecule has 2 aliphatic rings. The van der Waals surface area contributed by atoms with Crippen LogP contribution < -0.4 is 0 Å². The Morgan fingerprint density at radius 2 is 1.89 bits per heavy atom. The number of phenolic OH excluding ortho intramolecular Hbond substituents is 2. The topological polar surface area (TPSA) is 202 Å². The van der Waals surface area contributed by atoms with E-state index in [1.807, 2.05) is 0 Å². The molecule has 2 aliphatic heterocycles. The summed E-state index contributed by atoms with van der Waals surface area (Å²) in [6.45, 7) is 0.660. The van der Waals surface area contributed by atoms with Gasteiger partial charge in [0.1, 0.15) is 24.4 Å². The molecule has 0 bridgehead atoms. The fraction of sp³-hybridized carbons (Fsp3) is 0.520. The van der Waals surface area contributed by atoms with Gasteiger partial charge in [0, 0.05) is 17.9 Å². The Balaban J connectivity index is 1.77. The number of carbonyl (C=O) groups is 2. The normalized spacial score (nSPS) is 31.8. The summed E-state index contributed by atoms with van der Waals surface area (Å²) in [4.78, 5) is 25.5. The molecule has 1 saturated heterocycles. The lowest BCUT2D eigenvalue weighted by molar-refractivity contribution is -0.327. The van der Waals surface area contributed by atoms with Crippen molar-refractivity contribution in [1.82, 2.24) is 0 Å². The van der Waals surface area contributed by atoms with Crippen LogP contribution in [-0.4, -0.2) is 99.8 Å². The van der Waals surface area contributed by atoms with Gasteiger partial charge in [-0.1, -0.05) is 12.1 Å². The van der Waals surface area contributed by atoms with Crippen LogP contribution in [0.2, 0.25) is 0 Å². The Labute approximate surface area is 222 Å². The van der Waals surface area contributed by atoms with Crippen molar-refractivity contribution in [2.75, 3.05) is 20.3 Å². The molecule has 1 aromatic rings. The van der Waals surface area contributed by atoms with Crippen molar-refractivity contribution in [2.45, 2.75) is 56.8 Å². The van der Waals surface area contributed by atoms with E-state index in [2.05, 4.69) is 4.74 Å². The van der Waals surface area contributed by atoms with Crippen molar-refractivity contribution in [3.05, 3.63) is 47.2 Å². The second-order valence-electron chi connectivity index (χ2n) is 8.60. The number of rotatable bonds is 9. The Kier molecular flexibility index (Phi) is 8.62. The molecular formula is C25H32O13. The van der Waals surface area contributed by atoms with E-state index < -0.39 is 74.9 Å². The smallest absolute Gasteiger partial charge is 0.337 e. The summed E-state index contributed by atoms with van der Waals surface area (Å²) in [5.74, 6) is -3.94. The van der Waals surface area contributed by atoms with Crippen LogP contribution in [0.3, 0.4) is 0 Å². The van der Waals surface area contributed by atoms with E-state index in [1.54, 1.807) is 0 Å². The van der Waals surface area contributed by atoms with Gasteiger partial charge in [-0.2, -0.15) is 0 Å². The van der Waals surface area contributed by atoms with E-state index in [-0.39, 0.29) is 35.7 Å². The number of aliphatic hydroxyl groups excluding tert-OH is 4. The number of carbonyl (C=O) groups excluding carboxylic acids is 2. The van der Waals surface area contributed by atoms with Gasteiger partial charge in [0.05, 0.1) is 42.6 Å². The first kappa shape index (κ1) is 25.1. The van der Waals surface area contributed by atoms with Crippen molar-refractivity contribution in [3.8, 4) is 11.5 Å². The predicted molar refractivity (Wildman–Crippen MR) is 126 cm³/mol.